The molecule has 1 unspecified atom stereocenters. The molecule has 0 spiro atoms. The van der Waals surface area contributed by atoms with Crippen molar-refractivity contribution in [1.29, 1.82) is 5.26 Å². The van der Waals surface area contributed by atoms with E-state index in [9.17, 15) is 29.9 Å². The summed E-state index contributed by atoms with van der Waals surface area (Å²) in [5.74, 6) is -5.41. The van der Waals surface area contributed by atoms with Crippen molar-refractivity contribution in [2.45, 2.75) is 141 Å². The highest BCUT2D eigenvalue weighted by atomic mass is 32.1. The van der Waals surface area contributed by atoms with Crippen molar-refractivity contribution in [3.8, 4) is 16.6 Å². The summed E-state index contributed by atoms with van der Waals surface area (Å²) in [5.41, 5.74) is -2.27. The van der Waals surface area contributed by atoms with Gasteiger partial charge in [-0.15, -0.1) is 11.3 Å². The van der Waals surface area contributed by atoms with E-state index in [1.165, 1.54) is 25.2 Å². The standard InChI is InChI=1S/C43H59N5O12S/c1-11-33-43(8,53)38-23(4)34-21(2)17-42(7,37(24(5)35(49)25(6)40(52)57-33)58-41-36(50)30(48(9)10)14-22(3)56-41)55-20-26(19-54-38)46-60-31(39(51)45-34)16-27-15-29(47-59-27)32-13-12-28(18-44)61-32/h12-13,15,21-25,30-31,33,36-38,41,50,53H,11,14,16-17,19-20H2,1-10H3/b45-34?,46-26+/t21-,22-,23-,24+,25-,30+,31?,33-,36-,37-,38+,41+,42-,43-/m1/s1. The molecule has 18 heteroatoms. The van der Waals surface area contributed by atoms with Crippen LogP contribution in [0.3, 0.4) is 0 Å². The summed E-state index contributed by atoms with van der Waals surface area (Å²) in [6, 6.07) is 6.89. The summed E-state index contributed by atoms with van der Waals surface area (Å²) >= 11 is 1.25. The smallest absolute Gasteiger partial charge is 0.316 e. The lowest BCUT2D eigenvalue weighted by molar-refractivity contribution is -0.296. The van der Waals surface area contributed by atoms with Crippen LogP contribution < -0.4 is 0 Å². The van der Waals surface area contributed by atoms with Crippen LogP contribution in [-0.4, -0.2) is 137 Å². The van der Waals surface area contributed by atoms with E-state index in [-0.39, 0.29) is 50.3 Å². The van der Waals surface area contributed by atoms with E-state index in [1.807, 2.05) is 32.8 Å². The minimum atomic E-state index is -1.87. The third-order valence-electron chi connectivity index (χ3n) is 12.6. The molecule has 61 heavy (non-hydrogen) atoms. The lowest BCUT2D eigenvalue weighted by Crippen LogP contribution is -2.60. The molecule has 1 amide bonds. The van der Waals surface area contributed by atoms with Crippen molar-refractivity contribution in [2.75, 3.05) is 27.3 Å². The summed E-state index contributed by atoms with van der Waals surface area (Å²) in [4.78, 5) is 56.7. The monoisotopic (exact) mass is 869 g/mol. The summed E-state index contributed by atoms with van der Waals surface area (Å²) in [6.45, 7) is 13.2. The third-order valence-corrected chi connectivity index (χ3v) is 13.6. The number of rotatable bonds is 7. The number of thiophene rings is 1. The van der Waals surface area contributed by atoms with Crippen LogP contribution in [0.1, 0.15) is 85.3 Å². The number of Topliss-reactive ketones (excluding diaryl/α,β-unsaturated/α-hetero) is 1. The number of nitrogens with zero attached hydrogens (tertiary/aromatic N) is 5. The van der Waals surface area contributed by atoms with Crippen molar-refractivity contribution in [2.24, 2.45) is 33.8 Å². The lowest BCUT2D eigenvalue weighted by atomic mass is 9.73. The summed E-state index contributed by atoms with van der Waals surface area (Å²) in [6.07, 6.45) is -6.60. The van der Waals surface area contributed by atoms with E-state index < -0.39 is 89.3 Å². The second-order valence-electron chi connectivity index (χ2n) is 17.6. The Balaban J connectivity index is 1.47. The van der Waals surface area contributed by atoms with E-state index in [0.29, 0.717) is 33.3 Å². The van der Waals surface area contributed by atoms with E-state index >= 15 is 0 Å². The molecule has 0 aromatic carbocycles. The molecule has 17 nitrogen and oxygen atoms in total. The van der Waals surface area contributed by atoms with E-state index in [4.69, 9.17) is 38.0 Å². The number of fused-ring (bicyclic) bond motifs is 4. The van der Waals surface area contributed by atoms with Gasteiger partial charge in [0.2, 0.25) is 6.10 Å². The molecule has 4 bridgehead atoms. The fourth-order valence-electron chi connectivity index (χ4n) is 9.18. The molecule has 3 saturated heterocycles. The number of likely N-dealkylation sites (N-methyl/N-ethyl adjacent to an activating group) is 1. The Morgan fingerprint density at radius 1 is 1.08 bits per heavy atom. The van der Waals surface area contributed by atoms with Gasteiger partial charge in [-0.2, -0.15) is 5.26 Å². The number of aromatic nitrogens is 1. The maximum atomic E-state index is 14.5. The number of nitriles is 1. The number of carbonyl (C=O) groups is 3. The van der Waals surface area contributed by atoms with Gasteiger partial charge < -0.3 is 48.2 Å². The number of cyclic esters (lactones) is 1. The molecule has 334 valence electrons. The van der Waals surface area contributed by atoms with Crippen LogP contribution in [0.15, 0.2) is 32.9 Å². The quantitative estimate of drug-likeness (QED) is 0.295. The Morgan fingerprint density at radius 2 is 1.82 bits per heavy atom. The molecule has 14 atom stereocenters. The molecule has 0 saturated carbocycles. The van der Waals surface area contributed by atoms with Gasteiger partial charge in [-0.05, 0) is 79.1 Å². The van der Waals surface area contributed by atoms with Gasteiger partial charge in [0.05, 0.1) is 48.4 Å². The highest BCUT2D eigenvalue weighted by molar-refractivity contribution is 7.15. The maximum absolute atomic E-state index is 14.5. The van der Waals surface area contributed by atoms with Crippen LogP contribution in [0.4, 0.5) is 0 Å². The van der Waals surface area contributed by atoms with Gasteiger partial charge >= 0.3 is 5.97 Å². The number of amides is 1. The van der Waals surface area contributed by atoms with E-state index in [1.54, 1.807) is 45.9 Å². The number of hydrogen-bond acceptors (Lipinski definition) is 17. The number of carbonyl (C=O) groups excluding carboxylic acids is 3. The first-order valence-corrected chi connectivity index (χ1v) is 21.8. The molecule has 6 rings (SSSR count). The minimum absolute atomic E-state index is 0.100. The number of esters is 1. The number of oxime groups is 1. The van der Waals surface area contributed by atoms with E-state index in [2.05, 4.69) is 16.4 Å². The molecule has 3 fully saturated rings. The predicted molar refractivity (Wildman–Crippen MR) is 221 cm³/mol. The van der Waals surface area contributed by atoms with Crippen LogP contribution >= 0.6 is 11.3 Å². The number of ketones is 1. The number of aliphatic imine (C=N–C) groups is 1. The van der Waals surface area contributed by atoms with Crippen LogP contribution in [0.2, 0.25) is 0 Å². The molecule has 6 heterocycles. The number of ether oxygens (including phenoxy) is 5. The van der Waals surface area contributed by atoms with Gasteiger partial charge in [0.25, 0.3) is 5.91 Å². The highest BCUT2D eigenvalue weighted by Gasteiger charge is 2.53. The first kappa shape index (κ1) is 46.6. The van der Waals surface area contributed by atoms with Gasteiger partial charge in [0.1, 0.15) is 51.8 Å². The molecule has 0 radical (unpaired) electrons. The third kappa shape index (κ3) is 9.84. The zero-order chi connectivity index (χ0) is 44.6. The van der Waals surface area contributed by atoms with Crippen molar-refractivity contribution in [3.05, 3.63) is 28.8 Å². The van der Waals surface area contributed by atoms with Crippen molar-refractivity contribution in [1.82, 2.24) is 10.1 Å². The normalized spacial score (nSPS) is 38.9. The highest BCUT2D eigenvalue weighted by Crippen LogP contribution is 2.40. The molecular weight excluding hydrogens is 811 g/mol. The largest absolute Gasteiger partial charge is 0.459 e. The lowest BCUT2D eigenvalue weighted by Gasteiger charge is -2.47. The predicted octanol–water partition coefficient (Wildman–Crippen LogP) is 4.11. The average molecular weight is 870 g/mol. The Bertz CT molecular complexity index is 2020. The second-order valence-corrected chi connectivity index (χ2v) is 18.7. The molecule has 2 N–H and O–H groups in total. The van der Waals surface area contributed by atoms with Gasteiger partial charge in [0.15, 0.2) is 12.1 Å². The fraction of sp³-hybridized carbons (Fsp3) is 0.698. The number of hydrogen-bond donors (Lipinski definition) is 2. The summed E-state index contributed by atoms with van der Waals surface area (Å²) < 4.78 is 38.0. The molecule has 4 aliphatic heterocycles. The number of aliphatic hydroxyl groups excluding tert-OH is 1. The van der Waals surface area contributed by atoms with Crippen LogP contribution in [-0.2, 0) is 49.3 Å². The van der Waals surface area contributed by atoms with Crippen LogP contribution in [0.5, 0.6) is 0 Å². The van der Waals surface area contributed by atoms with Crippen molar-refractivity contribution < 1.29 is 57.6 Å². The average Bonchev–Trinajstić information content (AvgIpc) is 3.89. The van der Waals surface area contributed by atoms with Gasteiger partial charge in [-0.25, -0.2) is 4.99 Å². The second kappa shape index (κ2) is 18.8. The Hall–Kier alpha value is -3.93. The first-order valence-electron chi connectivity index (χ1n) is 20.9. The SMILES string of the molecule is CC[C@H]1OC(=O)[C@H](C)C(=O)[C@H](C)[C@@H](O[C@@H]2O[C@H](C)C[C@H](N(C)C)[C@H]2O)[C@@]2(C)C[C@@H](C)C3=NC(=O)C(Cc4cc(-c5ccc(C#N)s5)no4)O/N=C(\CO[C@@H]([C@@H]3C)[C@]1(C)O)CO2. The summed E-state index contributed by atoms with van der Waals surface area (Å²) in [5, 5.41) is 41.9. The van der Waals surface area contributed by atoms with E-state index in [0.717, 1.165) is 0 Å². The van der Waals surface area contributed by atoms with Crippen LogP contribution in [0, 0.1) is 35.0 Å². The summed E-state index contributed by atoms with van der Waals surface area (Å²) in [7, 11) is 3.72. The Kier molecular flexibility index (Phi) is 14.4. The van der Waals surface area contributed by atoms with Crippen molar-refractivity contribution in [3.63, 3.8) is 0 Å². The maximum Gasteiger partial charge on any atom is 0.316 e. The fourth-order valence-corrected chi connectivity index (χ4v) is 9.93. The Labute approximate surface area is 360 Å². The van der Waals surface area contributed by atoms with Crippen LogP contribution in [0.25, 0.3) is 10.6 Å². The van der Waals surface area contributed by atoms with Gasteiger partial charge in [0, 0.05) is 29.7 Å². The van der Waals surface area contributed by atoms with Gasteiger partial charge in [-0.3, -0.25) is 14.4 Å². The van der Waals surface area contributed by atoms with Gasteiger partial charge in [-0.1, -0.05) is 38.0 Å². The molecule has 4 aliphatic rings. The topological polar surface area (TPSA) is 225 Å². The zero-order valence-electron chi connectivity index (χ0n) is 36.5. The number of aliphatic hydroxyl groups is 2. The zero-order valence-corrected chi connectivity index (χ0v) is 37.3. The molecular formula is C43H59N5O12S. The first-order chi connectivity index (χ1) is 28.8. The van der Waals surface area contributed by atoms with Crippen molar-refractivity contribution >= 4 is 40.4 Å². The molecule has 0 aliphatic carbocycles. The Morgan fingerprint density at radius 3 is 2.49 bits per heavy atom. The molecule has 2 aromatic heterocycles. The minimum Gasteiger partial charge on any atom is -0.459 e. The molecule has 2 aromatic rings.